The number of carbonyl (C=O) groups excluding carboxylic acids is 3. The first-order valence-corrected chi connectivity index (χ1v) is 12.0. The second kappa shape index (κ2) is 10.6. The van der Waals surface area contributed by atoms with E-state index >= 15 is 0 Å². The minimum atomic E-state index is -0.800. The Morgan fingerprint density at radius 2 is 1.62 bits per heavy atom. The molecule has 0 radical (unpaired) electrons. The third-order valence-corrected chi connectivity index (χ3v) is 6.91. The molecule has 3 atom stereocenters. The fourth-order valence-electron chi connectivity index (χ4n) is 4.93. The normalized spacial score (nSPS) is 21.6. The van der Waals surface area contributed by atoms with Gasteiger partial charge in [0.15, 0.2) is 0 Å². The summed E-state index contributed by atoms with van der Waals surface area (Å²) >= 11 is 12.0. The van der Waals surface area contributed by atoms with Gasteiger partial charge in [0.2, 0.25) is 5.91 Å². The van der Waals surface area contributed by atoms with Crippen LogP contribution < -0.4 is 21.7 Å². The maximum atomic E-state index is 12.6. The minimum Gasteiger partial charge on any atom is -0.352 e. The van der Waals surface area contributed by atoms with Gasteiger partial charge in [-0.1, -0.05) is 35.3 Å². The van der Waals surface area contributed by atoms with Crippen LogP contribution in [0.4, 0.5) is 10.5 Å². The second-order valence-electron chi connectivity index (χ2n) is 8.78. The molecular formula is C24H27Cl2N5O3. The summed E-state index contributed by atoms with van der Waals surface area (Å²) in [6, 6.07) is 12.5. The van der Waals surface area contributed by atoms with Crippen LogP contribution in [-0.2, 0) is 11.3 Å². The molecule has 2 heterocycles. The molecule has 2 aromatic rings. The Bertz CT molecular complexity index is 1060. The van der Waals surface area contributed by atoms with Crippen LogP contribution in [0.3, 0.4) is 0 Å². The fourth-order valence-corrected chi connectivity index (χ4v) is 5.23. The number of carbonyl (C=O) groups is 3. The first-order valence-electron chi connectivity index (χ1n) is 11.2. The highest BCUT2D eigenvalue weighted by molar-refractivity contribution is 6.31. The molecule has 2 aliphatic rings. The average molecular weight is 504 g/mol. The number of hydrogen-bond acceptors (Lipinski definition) is 4. The van der Waals surface area contributed by atoms with Crippen LogP contribution in [0.15, 0.2) is 42.5 Å². The van der Waals surface area contributed by atoms with Gasteiger partial charge in [-0.15, -0.1) is 0 Å². The lowest BCUT2D eigenvalue weighted by atomic mass is 9.96. The molecule has 34 heavy (non-hydrogen) atoms. The molecule has 0 aliphatic carbocycles. The standard InChI is InChI=1S/C24H27Cl2N5O3/c25-15-3-1-14(2-4-15)13-31-18-6-7-19(31)11-17(10-18)29-22(32)12-28-23(33)20-9-16(26)5-8-21(20)30-24(27)34/h1-5,8-9,17-19H,6-7,10-13H2,(H,28,33)(H,29,32)(H3,27,30,34)/t17-,18+,19-. The van der Waals surface area contributed by atoms with Gasteiger partial charge in [-0.3, -0.25) is 14.5 Å². The fraction of sp³-hybridized carbons (Fsp3) is 0.375. The van der Waals surface area contributed by atoms with E-state index in [9.17, 15) is 14.4 Å². The van der Waals surface area contributed by atoms with E-state index in [2.05, 4.69) is 33.0 Å². The lowest BCUT2D eigenvalue weighted by molar-refractivity contribution is -0.121. The van der Waals surface area contributed by atoms with Gasteiger partial charge in [0.25, 0.3) is 5.91 Å². The number of piperidine rings is 1. The number of fused-ring (bicyclic) bond motifs is 2. The molecule has 2 fully saturated rings. The Kier molecular flexibility index (Phi) is 7.60. The summed E-state index contributed by atoms with van der Waals surface area (Å²) in [5, 5.41) is 9.09. The molecule has 10 heteroatoms. The summed E-state index contributed by atoms with van der Waals surface area (Å²) in [7, 11) is 0. The quantitative estimate of drug-likeness (QED) is 0.462. The number of benzene rings is 2. The summed E-state index contributed by atoms with van der Waals surface area (Å²) in [6.07, 6.45) is 3.99. The van der Waals surface area contributed by atoms with Crippen LogP contribution in [0, 0.1) is 0 Å². The van der Waals surface area contributed by atoms with Crippen molar-refractivity contribution in [2.75, 3.05) is 11.9 Å². The van der Waals surface area contributed by atoms with Crippen LogP contribution >= 0.6 is 23.2 Å². The molecule has 2 aromatic carbocycles. The van der Waals surface area contributed by atoms with Gasteiger partial charge in [-0.05, 0) is 61.6 Å². The van der Waals surface area contributed by atoms with Crippen molar-refractivity contribution in [2.24, 2.45) is 5.73 Å². The van der Waals surface area contributed by atoms with E-state index in [1.807, 2.05) is 12.1 Å². The van der Waals surface area contributed by atoms with Crippen molar-refractivity contribution in [1.29, 1.82) is 0 Å². The first kappa shape index (κ1) is 24.3. The molecule has 2 aliphatic heterocycles. The molecule has 0 aromatic heterocycles. The van der Waals surface area contributed by atoms with Crippen molar-refractivity contribution in [3.63, 3.8) is 0 Å². The Morgan fingerprint density at radius 1 is 0.971 bits per heavy atom. The summed E-state index contributed by atoms with van der Waals surface area (Å²) < 4.78 is 0. The van der Waals surface area contributed by atoms with E-state index in [4.69, 9.17) is 28.9 Å². The predicted octanol–water partition coefficient (Wildman–Crippen LogP) is 3.53. The highest BCUT2D eigenvalue weighted by Gasteiger charge is 2.40. The molecule has 8 nitrogen and oxygen atoms in total. The van der Waals surface area contributed by atoms with Crippen molar-refractivity contribution in [1.82, 2.24) is 15.5 Å². The molecule has 0 spiro atoms. The number of nitrogens with two attached hydrogens (primary N) is 1. The van der Waals surface area contributed by atoms with Crippen LogP contribution in [0.1, 0.15) is 41.6 Å². The Hall–Kier alpha value is -2.81. The van der Waals surface area contributed by atoms with E-state index in [0.29, 0.717) is 17.1 Å². The zero-order chi connectivity index (χ0) is 24.2. The molecule has 5 N–H and O–H groups in total. The molecule has 2 bridgehead atoms. The van der Waals surface area contributed by atoms with E-state index < -0.39 is 11.9 Å². The molecule has 0 saturated carbocycles. The highest BCUT2D eigenvalue weighted by atomic mass is 35.5. The lowest BCUT2D eigenvalue weighted by Crippen LogP contribution is -2.51. The van der Waals surface area contributed by atoms with Crippen molar-refractivity contribution in [3.05, 3.63) is 63.6 Å². The number of urea groups is 1. The van der Waals surface area contributed by atoms with Crippen molar-refractivity contribution in [3.8, 4) is 0 Å². The number of halogens is 2. The molecule has 0 unspecified atom stereocenters. The number of rotatable bonds is 7. The van der Waals surface area contributed by atoms with Gasteiger partial charge in [0.05, 0.1) is 17.8 Å². The molecule has 180 valence electrons. The Morgan fingerprint density at radius 3 is 2.26 bits per heavy atom. The van der Waals surface area contributed by atoms with E-state index in [-0.39, 0.29) is 29.7 Å². The number of hydrogen-bond donors (Lipinski definition) is 4. The molecular weight excluding hydrogens is 477 g/mol. The maximum Gasteiger partial charge on any atom is 0.316 e. The van der Waals surface area contributed by atoms with Crippen molar-refractivity contribution >= 4 is 46.7 Å². The van der Waals surface area contributed by atoms with Gasteiger partial charge >= 0.3 is 6.03 Å². The topological polar surface area (TPSA) is 117 Å². The van der Waals surface area contributed by atoms with Crippen LogP contribution in [0.25, 0.3) is 0 Å². The zero-order valence-corrected chi connectivity index (χ0v) is 20.0. The molecule has 2 saturated heterocycles. The van der Waals surface area contributed by atoms with Gasteiger partial charge in [0.1, 0.15) is 0 Å². The number of nitrogens with zero attached hydrogens (tertiary/aromatic N) is 1. The van der Waals surface area contributed by atoms with Gasteiger partial charge < -0.3 is 21.7 Å². The molecule has 4 rings (SSSR count). The van der Waals surface area contributed by atoms with Crippen LogP contribution in [-0.4, -0.2) is 47.4 Å². The highest BCUT2D eigenvalue weighted by Crippen LogP contribution is 2.37. The second-order valence-corrected chi connectivity index (χ2v) is 9.65. The Labute approximate surface area is 208 Å². The summed E-state index contributed by atoms with van der Waals surface area (Å²) in [5.41, 5.74) is 6.74. The monoisotopic (exact) mass is 503 g/mol. The largest absolute Gasteiger partial charge is 0.352 e. The van der Waals surface area contributed by atoms with Crippen molar-refractivity contribution < 1.29 is 14.4 Å². The SMILES string of the molecule is NC(=O)Nc1ccc(Cl)cc1C(=O)NCC(=O)N[C@H]1C[C@H]2CC[C@@H](C1)N2Cc1ccc(Cl)cc1. The van der Waals surface area contributed by atoms with E-state index in [1.54, 1.807) is 0 Å². The third kappa shape index (κ3) is 6.00. The maximum absolute atomic E-state index is 12.6. The lowest BCUT2D eigenvalue weighted by Gasteiger charge is -2.39. The van der Waals surface area contributed by atoms with Crippen molar-refractivity contribution in [2.45, 2.75) is 50.4 Å². The van der Waals surface area contributed by atoms with Gasteiger partial charge in [0, 0.05) is 34.7 Å². The number of amides is 4. The van der Waals surface area contributed by atoms with Gasteiger partial charge in [-0.25, -0.2) is 4.79 Å². The number of anilines is 1. The summed E-state index contributed by atoms with van der Waals surface area (Å²) in [5.74, 6) is -0.783. The van der Waals surface area contributed by atoms with Crippen LogP contribution in [0.2, 0.25) is 10.0 Å². The Balaban J connectivity index is 1.28. The van der Waals surface area contributed by atoms with Crippen LogP contribution in [0.5, 0.6) is 0 Å². The van der Waals surface area contributed by atoms with Gasteiger partial charge in [-0.2, -0.15) is 0 Å². The summed E-state index contributed by atoms with van der Waals surface area (Å²) in [6.45, 7) is 0.701. The smallest absolute Gasteiger partial charge is 0.316 e. The van der Waals surface area contributed by atoms with E-state index in [1.165, 1.54) is 23.8 Å². The average Bonchev–Trinajstić information content (AvgIpc) is 3.02. The number of nitrogens with one attached hydrogen (secondary N) is 3. The zero-order valence-electron chi connectivity index (χ0n) is 18.5. The summed E-state index contributed by atoms with van der Waals surface area (Å²) in [4.78, 5) is 38.9. The first-order chi connectivity index (χ1) is 16.3. The third-order valence-electron chi connectivity index (χ3n) is 6.42. The number of primary amides is 1. The predicted molar refractivity (Wildman–Crippen MR) is 132 cm³/mol. The minimum absolute atomic E-state index is 0.0710. The molecule has 4 amide bonds. The van der Waals surface area contributed by atoms with E-state index in [0.717, 1.165) is 37.3 Å².